The predicted molar refractivity (Wildman–Crippen MR) is 75.9 cm³/mol. The van der Waals surface area contributed by atoms with Crippen molar-refractivity contribution in [2.45, 2.75) is 40.0 Å². The monoisotopic (exact) mass is 251 g/mol. The molecule has 0 saturated carbocycles. The fourth-order valence-electron chi connectivity index (χ4n) is 2.69. The minimum absolute atomic E-state index is 0.170. The van der Waals surface area contributed by atoms with Crippen molar-refractivity contribution in [1.29, 1.82) is 0 Å². The highest BCUT2D eigenvalue weighted by molar-refractivity contribution is 5.16. The predicted octanol–water partition coefficient (Wildman–Crippen LogP) is 4.02. The van der Waals surface area contributed by atoms with E-state index in [4.69, 9.17) is 5.73 Å². The highest BCUT2D eigenvalue weighted by Gasteiger charge is 2.13. The van der Waals surface area contributed by atoms with E-state index in [0.29, 0.717) is 18.4 Å². The number of hydrogen-bond acceptors (Lipinski definition) is 1. The summed E-state index contributed by atoms with van der Waals surface area (Å²) in [6, 6.07) is 6.79. The number of halogens is 1. The first-order valence-corrected chi connectivity index (χ1v) is 6.95. The first-order chi connectivity index (χ1) is 8.51. The second-order valence-corrected chi connectivity index (χ2v) is 5.90. The van der Waals surface area contributed by atoms with Crippen LogP contribution in [0.1, 0.15) is 39.2 Å². The molecular weight excluding hydrogens is 225 g/mol. The zero-order valence-corrected chi connectivity index (χ0v) is 11.8. The molecule has 2 N–H and O–H groups in total. The molecule has 0 aliphatic carbocycles. The molecule has 0 fully saturated rings. The lowest BCUT2D eigenvalue weighted by Gasteiger charge is -2.21. The Hall–Kier alpha value is -0.890. The van der Waals surface area contributed by atoms with Crippen molar-refractivity contribution in [2.75, 3.05) is 6.54 Å². The third-order valence-electron chi connectivity index (χ3n) is 3.38. The van der Waals surface area contributed by atoms with Crippen molar-refractivity contribution >= 4 is 0 Å². The summed E-state index contributed by atoms with van der Waals surface area (Å²) in [6.45, 7) is 7.52. The molecule has 0 aliphatic heterocycles. The molecule has 18 heavy (non-hydrogen) atoms. The highest BCUT2D eigenvalue weighted by Crippen LogP contribution is 2.22. The summed E-state index contributed by atoms with van der Waals surface area (Å²) >= 11 is 0. The quantitative estimate of drug-likeness (QED) is 0.778. The van der Waals surface area contributed by atoms with Crippen LogP contribution in [0.5, 0.6) is 0 Å². The van der Waals surface area contributed by atoms with Gasteiger partial charge in [-0.3, -0.25) is 0 Å². The van der Waals surface area contributed by atoms with Gasteiger partial charge in [-0.2, -0.15) is 0 Å². The van der Waals surface area contributed by atoms with Gasteiger partial charge in [-0.15, -0.1) is 0 Å². The van der Waals surface area contributed by atoms with Gasteiger partial charge in [0.1, 0.15) is 5.82 Å². The van der Waals surface area contributed by atoms with Crippen LogP contribution in [-0.2, 0) is 6.42 Å². The Bertz CT molecular complexity index is 331. The van der Waals surface area contributed by atoms with Crippen molar-refractivity contribution in [3.63, 3.8) is 0 Å². The lowest BCUT2D eigenvalue weighted by Crippen LogP contribution is -2.20. The van der Waals surface area contributed by atoms with Crippen molar-refractivity contribution in [3.8, 4) is 0 Å². The van der Waals surface area contributed by atoms with Crippen LogP contribution in [0.4, 0.5) is 4.39 Å². The summed E-state index contributed by atoms with van der Waals surface area (Å²) in [4.78, 5) is 0. The van der Waals surface area contributed by atoms with Crippen molar-refractivity contribution in [3.05, 3.63) is 35.6 Å². The second-order valence-electron chi connectivity index (χ2n) is 5.90. The summed E-state index contributed by atoms with van der Waals surface area (Å²) in [5.74, 6) is 1.78. The highest BCUT2D eigenvalue weighted by atomic mass is 19.1. The van der Waals surface area contributed by atoms with E-state index in [2.05, 4.69) is 20.8 Å². The Kier molecular flexibility index (Phi) is 6.34. The van der Waals surface area contributed by atoms with Crippen LogP contribution < -0.4 is 5.73 Å². The van der Waals surface area contributed by atoms with Crippen LogP contribution in [0.2, 0.25) is 0 Å². The van der Waals surface area contributed by atoms with E-state index in [9.17, 15) is 4.39 Å². The first-order valence-electron chi connectivity index (χ1n) is 6.95. The molecule has 0 bridgehead atoms. The van der Waals surface area contributed by atoms with E-state index in [1.165, 1.54) is 24.1 Å². The van der Waals surface area contributed by atoms with Gasteiger partial charge in [-0.1, -0.05) is 32.9 Å². The topological polar surface area (TPSA) is 26.0 Å². The van der Waals surface area contributed by atoms with Crippen molar-refractivity contribution < 1.29 is 4.39 Å². The number of hydrogen-bond donors (Lipinski definition) is 1. The van der Waals surface area contributed by atoms with Gasteiger partial charge in [0.2, 0.25) is 0 Å². The maximum atomic E-state index is 12.8. The van der Waals surface area contributed by atoms with Gasteiger partial charge in [0, 0.05) is 0 Å². The standard InChI is InChI=1S/C16H26FN/c1-12(2)8-13(3)9-15(11-18)10-14-4-6-16(17)7-5-14/h4-7,12-13,15H,8-11,18H2,1-3H3. The number of rotatable bonds is 7. The molecule has 1 aromatic rings. The van der Waals surface area contributed by atoms with Crippen LogP contribution in [0.25, 0.3) is 0 Å². The number of nitrogens with two attached hydrogens (primary N) is 1. The Morgan fingerprint density at radius 2 is 1.67 bits per heavy atom. The molecule has 2 unspecified atom stereocenters. The van der Waals surface area contributed by atoms with Gasteiger partial charge in [0.05, 0.1) is 0 Å². The van der Waals surface area contributed by atoms with Crippen molar-refractivity contribution in [1.82, 2.24) is 0 Å². The van der Waals surface area contributed by atoms with Gasteiger partial charge >= 0.3 is 0 Å². The summed E-state index contributed by atoms with van der Waals surface area (Å²) in [7, 11) is 0. The van der Waals surface area contributed by atoms with Gasteiger partial charge in [-0.05, 0) is 61.3 Å². The summed E-state index contributed by atoms with van der Waals surface area (Å²) in [5.41, 5.74) is 7.04. The zero-order chi connectivity index (χ0) is 13.5. The molecule has 0 heterocycles. The van der Waals surface area contributed by atoms with Gasteiger partial charge in [0.25, 0.3) is 0 Å². The maximum Gasteiger partial charge on any atom is 0.123 e. The molecular formula is C16H26FN. The molecule has 0 spiro atoms. The molecule has 2 heteroatoms. The van der Waals surface area contributed by atoms with Gasteiger partial charge in [0.15, 0.2) is 0 Å². The Balaban J connectivity index is 2.48. The molecule has 1 rings (SSSR count). The average molecular weight is 251 g/mol. The third-order valence-corrected chi connectivity index (χ3v) is 3.38. The largest absolute Gasteiger partial charge is 0.330 e. The molecule has 2 atom stereocenters. The van der Waals surface area contributed by atoms with E-state index in [0.717, 1.165) is 18.8 Å². The summed E-state index contributed by atoms with van der Waals surface area (Å²) in [6.07, 6.45) is 3.37. The smallest absolute Gasteiger partial charge is 0.123 e. The molecule has 0 radical (unpaired) electrons. The zero-order valence-electron chi connectivity index (χ0n) is 11.8. The van der Waals surface area contributed by atoms with E-state index in [1.807, 2.05) is 12.1 Å². The van der Waals surface area contributed by atoms with E-state index in [1.54, 1.807) is 0 Å². The molecule has 0 amide bonds. The van der Waals surface area contributed by atoms with E-state index < -0.39 is 0 Å². The third kappa shape index (κ3) is 5.63. The first kappa shape index (κ1) is 15.2. The molecule has 102 valence electrons. The Morgan fingerprint density at radius 1 is 1.06 bits per heavy atom. The molecule has 1 aromatic carbocycles. The number of benzene rings is 1. The van der Waals surface area contributed by atoms with Gasteiger partial charge < -0.3 is 5.73 Å². The minimum atomic E-state index is -0.170. The summed E-state index contributed by atoms with van der Waals surface area (Å²) in [5, 5.41) is 0. The van der Waals surface area contributed by atoms with Gasteiger partial charge in [-0.25, -0.2) is 4.39 Å². The van der Waals surface area contributed by atoms with Crippen LogP contribution >= 0.6 is 0 Å². The lowest BCUT2D eigenvalue weighted by molar-refractivity contribution is 0.343. The van der Waals surface area contributed by atoms with Crippen LogP contribution in [0, 0.1) is 23.6 Å². The Labute approximate surface area is 111 Å². The fourth-order valence-corrected chi connectivity index (χ4v) is 2.69. The van der Waals surface area contributed by atoms with Crippen LogP contribution in [-0.4, -0.2) is 6.54 Å². The molecule has 0 saturated heterocycles. The second kappa shape index (κ2) is 7.52. The fraction of sp³-hybridized carbons (Fsp3) is 0.625. The molecule has 0 aliphatic rings. The van der Waals surface area contributed by atoms with E-state index >= 15 is 0 Å². The molecule has 1 nitrogen and oxygen atoms in total. The minimum Gasteiger partial charge on any atom is -0.330 e. The lowest BCUT2D eigenvalue weighted by atomic mass is 9.86. The summed E-state index contributed by atoms with van der Waals surface area (Å²) < 4.78 is 12.8. The van der Waals surface area contributed by atoms with E-state index in [-0.39, 0.29) is 5.82 Å². The van der Waals surface area contributed by atoms with Crippen LogP contribution in [0.15, 0.2) is 24.3 Å². The maximum absolute atomic E-state index is 12.8. The average Bonchev–Trinajstić information content (AvgIpc) is 2.30. The van der Waals surface area contributed by atoms with Crippen LogP contribution in [0.3, 0.4) is 0 Å². The Morgan fingerprint density at radius 3 is 2.17 bits per heavy atom. The SMILES string of the molecule is CC(C)CC(C)CC(CN)Cc1ccc(F)cc1. The molecule has 0 aromatic heterocycles. The normalized spacial score (nSPS) is 14.8. The van der Waals surface area contributed by atoms with Crippen molar-refractivity contribution in [2.24, 2.45) is 23.5 Å².